The lowest BCUT2D eigenvalue weighted by Gasteiger charge is -2.09. The molecule has 0 spiro atoms. The van der Waals surface area contributed by atoms with Crippen molar-refractivity contribution in [2.45, 2.75) is 18.6 Å². The number of ether oxygens (including phenoxy) is 1. The maximum absolute atomic E-state index is 12.4. The van der Waals surface area contributed by atoms with Gasteiger partial charge in [-0.05, 0) is 19.1 Å². The molecule has 0 radical (unpaired) electrons. The van der Waals surface area contributed by atoms with E-state index in [4.69, 9.17) is 4.74 Å². The molecule has 0 aliphatic rings. The molecule has 106 valence electrons. The van der Waals surface area contributed by atoms with Gasteiger partial charge in [0.05, 0.1) is 30.0 Å². The predicted octanol–water partition coefficient (Wildman–Crippen LogP) is 1.22. The third-order valence-corrected chi connectivity index (χ3v) is 3.64. The molecule has 1 heterocycles. The highest BCUT2D eigenvalue weighted by atomic mass is 32.2. The van der Waals surface area contributed by atoms with Crippen molar-refractivity contribution < 1.29 is 13.7 Å². The largest absolute Gasteiger partial charge is 0.496 e. The topological polar surface area (TPSA) is 74.1 Å². The van der Waals surface area contributed by atoms with Crippen LogP contribution in [0.25, 0.3) is 0 Å². The van der Waals surface area contributed by atoms with Gasteiger partial charge < -0.3 is 4.74 Å². The Morgan fingerprint density at radius 2 is 2.20 bits per heavy atom. The second-order valence-corrected chi connectivity index (χ2v) is 5.60. The summed E-state index contributed by atoms with van der Waals surface area (Å²) in [6, 6.07) is 5.41. The average molecular weight is 293 g/mol. The van der Waals surface area contributed by atoms with Crippen molar-refractivity contribution >= 4 is 16.6 Å². The lowest BCUT2D eigenvalue weighted by molar-refractivity contribution is 0.0966. The standard InChI is InChI=1S/C13H15N3O3S/c1-9-4-5-12(19-2)10(6-9)11(17)7-16-8-14-15-13(16)20(3)18/h4-6,8H,7H2,1-3H3. The van der Waals surface area contributed by atoms with E-state index in [2.05, 4.69) is 10.2 Å². The summed E-state index contributed by atoms with van der Waals surface area (Å²) in [6.07, 6.45) is 2.90. The summed E-state index contributed by atoms with van der Waals surface area (Å²) in [5.41, 5.74) is 1.46. The van der Waals surface area contributed by atoms with Crippen LogP contribution in [0.4, 0.5) is 0 Å². The Labute approximate surface area is 119 Å². The molecule has 0 saturated heterocycles. The van der Waals surface area contributed by atoms with Crippen LogP contribution in [0.15, 0.2) is 29.7 Å². The number of carbonyl (C=O) groups excluding carboxylic acids is 1. The van der Waals surface area contributed by atoms with Gasteiger partial charge >= 0.3 is 0 Å². The van der Waals surface area contributed by atoms with Gasteiger partial charge in [0, 0.05) is 6.26 Å². The number of carbonyl (C=O) groups is 1. The van der Waals surface area contributed by atoms with E-state index in [0.29, 0.717) is 11.3 Å². The SMILES string of the molecule is COc1ccc(C)cc1C(=O)Cn1cnnc1S(C)=O. The molecule has 0 N–H and O–H groups in total. The van der Waals surface area contributed by atoms with Crippen molar-refractivity contribution in [2.24, 2.45) is 0 Å². The Kier molecular flexibility index (Phi) is 4.29. The van der Waals surface area contributed by atoms with Gasteiger partial charge in [-0.15, -0.1) is 10.2 Å². The summed E-state index contributed by atoms with van der Waals surface area (Å²) >= 11 is 0. The number of Topliss-reactive ketones (excluding diaryl/α,β-unsaturated/α-hetero) is 1. The van der Waals surface area contributed by atoms with Crippen molar-refractivity contribution in [2.75, 3.05) is 13.4 Å². The molecule has 0 aliphatic carbocycles. The van der Waals surface area contributed by atoms with Crippen LogP contribution in [-0.4, -0.2) is 38.1 Å². The number of hydrogen-bond acceptors (Lipinski definition) is 5. The number of nitrogens with zero attached hydrogens (tertiary/aromatic N) is 3. The zero-order valence-electron chi connectivity index (χ0n) is 11.5. The molecule has 1 aromatic carbocycles. The van der Waals surface area contributed by atoms with Crippen molar-refractivity contribution in [3.63, 3.8) is 0 Å². The van der Waals surface area contributed by atoms with Crippen LogP contribution < -0.4 is 4.74 Å². The van der Waals surface area contributed by atoms with Gasteiger partial charge in [-0.1, -0.05) is 11.6 Å². The molecule has 2 aromatic rings. The van der Waals surface area contributed by atoms with Crippen LogP contribution in [0, 0.1) is 6.92 Å². The molecule has 1 unspecified atom stereocenters. The van der Waals surface area contributed by atoms with Gasteiger partial charge in [0.1, 0.15) is 12.1 Å². The number of aryl methyl sites for hydroxylation is 1. The van der Waals surface area contributed by atoms with Crippen LogP contribution in [-0.2, 0) is 17.3 Å². The van der Waals surface area contributed by atoms with Crippen LogP contribution in [0.5, 0.6) is 5.75 Å². The van der Waals surface area contributed by atoms with E-state index < -0.39 is 10.8 Å². The summed E-state index contributed by atoms with van der Waals surface area (Å²) in [4.78, 5) is 12.4. The average Bonchev–Trinajstić information content (AvgIpc) is 2.87. The quantitative estimate of drug-likeness (QED) is 0.775. The molecule has 0 amide bonds. The molecule has 0 aliphatic heterocycles. The Morgan fingerprint density at radius 1 is 1.45 bits per heavy atom. The molecule has 2 rings (SSSR count). The summed E-state index contributed by atoms with van der Waals surface area (Å²) in [5.74, 6) is 0.380. The van der Waals surface area contributed by atoms with Crippen LogP contribution in [0.1, 0.15) is 15.9 Å². The highest BCUT2D eigenvalue weighted by molar-refractivity contribution is 7.84. The first-order chi connectivity index (χ1) is 9.52. The van der Waals surface area contributed by atoms with Gasteiger partial charge in [0.2, 0.25) is 5.16 Å². The molecule has 0 bridgehead atoms. The predicted molar refractivity (Wildman–Crippen MR) is 74.4 cm³/mol. The van der Waals surface area contributed by atoms with E-state index in [1.807, 2.05) is 13.0 Å². The second-order valence-electron chi connectivity index (χ2n) is 4.32. The Bertz CT molecular complexity index is 667. The highest BCUT2D eigenvalue weighted by Crippen LogP contribution is 2.21. The third kappa shape index (κ3) is 2.93. The first-order valence-corrected chi connectivity index (χ1v) is 7.48. The zero-order chi connectivity index (χ0) is 14.7. The molecule has 0 saturated carbocycles. The number of rotatable bonds is 5. The molecule has 7 heteroatoms. The molecule has 0 fully saturated rings. The molecule has 6 nitrogen and oxygen atoms in total. The minimum Gasteiger partial charge on any atom is -0.496 e. The van der Waals surface area contributed by atoms with Gasteiger partial charge in [-0.25, -0.2) is 0 Å². The zero-order valence-corrected chi connectivity index (χ0v) is 12.3. The minimum atomic E-state index is -1.29. The van der Waals surface area contributed by atoms with Crippen LogP contribution in [0.3, 0.4) is 0 Å². The van der Waals surface area contributed by atoms with E-state index in [1.165, 1.54) is 24.3 Å². The Balaban J connectivity index is 2.30. The molecule has 1 aromatic heterocycles. The lowest BCUT2D eigenvalue weighted by atomic mass is 10.1. The van der Waals surface area contributed by atoms with E-state index in [0.717, 1.165) is 5.56 Å². The molecule has 1 atom stereocenters. The summed E-state index contributed by atoms with van der Waals surface area (Å²) < 4.78 is 18.2. The number of hydrogen-bond donors (Lipinski definition) is 0. The monoisotopic (exact) mass is 293 g/mol. The smallest absolute Gasteiger partial charge is 0.221 e. The van der Waals surface area contributed by atoms with E-state index in [-0.39, 0.29) is 17.5 Å². The third-order valence-electron chi connectivity index (χ3n) is 2.81. The Morgan fingerprint density at radius 3 is 2.85 bits per heavy atom. The maximum Gasteiger partial charge on any atom is 0.221 e. The van der Waals surface area contributed by atoms with Crippen molar-refractivity contribution in [3.8, 4) is 5.75 Å². The number of benzene rings is 1. The fraction of sp³-hybridized carbons (Fsp3) is 0.308. The molecule has 20 heavy (non-hydrogen) atoms. The maximum atomic E-state index is 12.4. The minimum absolute atomic E-state index is 0.0295. The number of ketones is 1. The summed E-state index contributed by atoms with van der Waals surface area (Å²) in [5, 5.41) is 7.72. The van der Waals surface area contributed by atoms with E-state index >= 15 is 0 Å². The number of aromatic nitrogens is 3. The fourth-order valence-corrected chi connectivity index (χ4v) is 2.46. The normalized spacial score (nSPS) is 12.2. The highest BCUT2D eigenvalue weighted by Gasteiger charge is 2.16. The van der Waals surface area contributed by atoms with Gasteiger partial charge in [0.15, 0.2) is 5.78 Å². The van der Waals surface area contributed by atoms with E-state index in [9.17, 15) is 9.00 Å². The van der Waals surface area contributed by atoms with Gasteiger partial charge in [-0.3, -0.25) is 13.6 Å². The first-order valence-electron chi connectivity index (χ1n) is 5.92. The fourth-order valence-electron chi connectivity index (χ4n) is 1.86. The second kappa shape index (κ2) is 5.96. The lowest BCUT2D eigenvalue weighted by Crippen LogP contribution is -2.14. The van der Waals surface area contributed by atoms with Gasteiger partial charge in [-0.2, -0.15) is 0 Å². The van der Waals surface area contributed by atoms with Gasteiger partial charge in [0.25, 0.3) is 0 Å². The van der Waals surface area contributed by atoms with Crippen molar-refractivity contribution in [1.82, 2.24) is 14.8 Å². The van der Waals surface area contributed by atoms with Crippen molar-refractivity contribution in [3.05, 3.63) is 35.7 Å². The van der Waals surface area contributed by atoms with E-state index in [1.54, 1.807) is 12.1 Å². The summed E-state index contributed by atoms with van der Waals surface area (Å²) in [7, 11) is 0.233. The molecular formula is C13H15N3O3S. The van der Waals surface area contributed by atoms with Crippen LogP contribution in [0.2, 0.25) is 0 Å². The summed E-state index contributed by atoms with van der Waals surface area (Å²) in [6.45, 7) is 1.93. The molecular weight excluding hydrogens is 278 g/mol. The Hall–Kier alpha value is -2.02. The first kappa shape index (κ1) is 14.4. The number of methoxy groups -OCH3 is 1. The van der Waals surface area contributed by atoms with Crippen LogP contribution >= 0.6 is 0 Å². The van der Waals surface area contributed by atoms with Crippen molar-refractivity contribution in [1.29, 1.82) is 0 Å².